The lowest BCUT2D eigenvalue weighted by atomic mass is 9.89. The van der Waals surface area contributed by atoms with Crippen LogP contribution in [0.1, 0.15) is 24.4 Å². The van der Waals surface area contributed by atoms with Crippen molar-refractivity contribution in [1.29, 1.82) is 0 Å². The Hall–Kier alpha value is -0.570. The van der Waals surface area contributed by atoms with E-state index in [0.717, 1.165) is 24.6 Å². The fourth-order valence-corrected chi connectivity index (χ4v) is 2.46. The number of hydrogen-bond donors (Lipinski definition) is 1. The maximum atomic E-state index is 5.89. The highest BCUT2D eigenvalue weighted by molar-refractivity contribution is 6.30. The van der Waals surface area contributed by atoms with Crippen LogP contribution in [-0.4, -0.2) is 20.3 Å². The van der Waals surface area contributed by atoms with E-state index in [1.54, 1.807) is 7.11 Å². The van der Waals surface area contributed by atoms with Gasteiger partial charge in [-0.15, -0.1) is 0 Å². The second-order valence-electron chi connectivity index (χ2n) is 4.40. The lowest BCUT2D eigenvalue weighted by Gasteiger charge is -2.30. The third-order valence-corrected chi connectivity index (χ3v) is 3.44. The van der Waals surface area contributed by atoms with Gasteiger partial charge in [-0.3, -0.25) is 0 Å². The normalized spacial score (nSPS) is 25.6. The first kappa shape index (κ1) is 11.9. The first-order valence-electron chi connectivity index (χ1n) is 5.77. The molecule has 0 aliphatic carbocycles. The zero-order chi connectivity index (χ0) is 11.4. The summed E-state index contributed by atoms with van der Waals surface area (Å²) < 4.78 is 5.24. The van der Waals surface area contributed by atoms with Gasteiger partial charge in [-0.1, -0.05) is 23.7 Å². The van der Waals surface area contributed by atoms with Gasteiger partial charge >= 0.3 is 0 Å². The summed E-state index contributed by atoms with van der Waals surface area (Å²) in [5, 5.41) is 4.34. The molecule has 2 unspecified atom stereocenters. The average molecular weight is 240 g/mol. The lowest BCUT2D eigenvalue weighted by molar-refractivity contribution is 0.124. The Morgan fingerprint density at radius 2 is 2.12 bits per heavy atom. The second-order valence-corrected chi connectivity index (χ2v) is 4.84. The zero-order valence-corrected chi connectivity index (χ0v) is 10.3. The van der Waals surface area contributed by atoms with Crippen molar-refractivity contribution in [3.05, 3.63) is 34.9 Å². The summed E-state index contributed by atoms with van der Waals surface area (Å²) in [5.74, 6) is 0.673. The van der Waals surface area contributed by atoms with Gasteiger partial charge in [0.05, 0.1) is 0 Å². The van der Waals surface area contributed by atoms with Gasteiger partial charge in [0, 0.05) is 24.8 Å². The topological polar surface area (TPSA) is 21.3 Å². The van der Waals surface area contributed by atoms with Gasteiger partial charge in [0.25, 0.3) is 0 Å². The standard InChI is InChI=1S/C13H18ClNO/c1-16-9-10-6-7-15-13(8-10)11-2-4-12(14)5-3-11/h2-5,10,13,15H,6-9H2,1H3. The van der Waals surface area contributed by atoms with E-state index in [0.29, 0.717) is 12.0 Å². The van der Waals surface area contributed by atoms with Crippen LogP contribution in [0.15, 0.2) is 24.3 Å². The molecule has 3 heteroatoms. The Balaban J connectivity index is 2.01. The minimum absolute atomic E-state index is 0.450. The van der Waals surface area contributed by atoms with E-state index in [1.807, 2.05) is 12.1 Å². The number of halogens is 1. The highest BCUT2D eigenvalue weighted by Crippen LogP contribution is 2.28. The molecule has 1 heterocycles. The van der Waals surface area contributed by atoms with Crippen LogP contribution in [0.4, 0.5) is 0 Å². The van der Waals surface area contributed by atoms with Gasteiger partial charge < -0.3 is 10.1 Å². The van der Waals surface area contributed by atoms with Crippen molar-refractivity contribution in [3.63, 3.8) is 0 Å². The van der Waals surface area contributed by atoms with Crippen molar-refractivity contribution in [2.45, 2.75) is 18.9 Å². The van der Waals surface area contributed by atoms with Crippen LogP contribution >= 0.6 is 11.6 Å². The number of piperidine rings is 1. The van der Waals surface area contributed by atoms with Crippen molar-refractivity contribution in [2.24, 2.45) is 5.92 Å². The molecule has 2 nitrogen and oxygen atoms in total. The molecule has 88 valence electrons. The molecule has 1 aliphatic heterocycles. The number of benzene rings is 1. The molecule has 1 N–H and O–H groups in total. The fourth-order valence-electron chi connectivity index (χ4n) is 2.33. The van der Waals surface area contributed by atoms with Gasteiger partial charge in [-0.05, 0) is 43.0 Å². The first-order chi connectivity index (χ1) is 7.79. The minimum atomic E-state index is 0.450. The monoisotopic (exact) mass is 239 g/mol. The van der Waals surface area contributed by atoms with E-state index < -0.39 is 0 Å². The quantitative estimate of drug-likeness (QED) is 0.876. The highest BCUT2D eigenvalue weighted by atomic mass is 35.5. The molecule has 0 amide bonds. The SMILES string of the molecule is COCC1CCNC(c2ccc(Cl)cc2)C1. The van der Waals surface area contributed by atoms with Crippen molar-refractivity contribution < 1.29 is 4.74 Å². The molecule has 0 bridgehead atoms. The van der Waals surface area contributed by atoms with Crippen LogP contribution in [0.2, 0.25) is 5.02 Å². The maximum absolute atomic E-state index is 5.89. The summed E-state index contributed by atoms with van der Waals surface area (Å²) in [6.07, 6.45) is 2.35. The Kier molecular flexibility index (Phi) is 4.22. The van der Waals surface area contributed by atoms with E-state index in [-0.39, 0.29) is 0 Å². The van der Waals surface area contributed by atoms with Crippen molar-refractivity contribution in [3.8, 4) is 0 Å². The third-order valence-electron chi connectivity index (χ3n) is 3.19. The lowest BCUT2D eigenvalue weighted by Crippen LogP contribution is -2.33. The second kappa shape index (κ2) is 5.67. The highest BCUT2D eigenvalue weighted by Gasteiger charge is 2.22. The Morgan fingerprint density at radius 1 is 1.38 bits per heavy atom. The van der Waals surface area contributed by atoms with Gasteiger partial charge in [-0.2, -0.15) is 0 Å². The molecule has 16 heavy (non-hydrogen) atoms. The van der Waals surface area contributed by atoms with Crippen LogP contribution in [-0.2, 0) is 4.74 Å². The van der Waals surface area contributed by atoms with Gasteiger partial charge in [0.15, 0.2) is 0 Å². The fraction of sp³-hybridized carbons (Fsp3) is 0.538. The summed E-state index contributed by atoms with van der Waals surface area (Å²) in [7, 11) is 1.78. The molecule has 2 atom stereocenters. The molecule has 0 spiro atoms. The van der Waals surface area contributed by atoms with E-state index in [4.69, 9.17) is 16.3 Å². The number of nitrogens with one attached hydrogen (secondary N) is 1. The summed E-state index contributed by atoms with van der Waals surface area (Å²) >= 11 is 5.89. The molecule has 0 saturated carbocycles. The molecule has 0 aromatic heterocycles. The molecule has 0 radical (unpaired) electrons. The van der Waals surface area contributed by atoms with E-state index in [9.17, 15) is 0 Å². The van der Waals surface area contributed by atoms with Crippen LogP contribution in [0.25, 0.3) is 0 Å². The zero-order valence-electron chi connectivity index (χ0n) is 9.58. The molecule has 1 fully saturated rings. The Labute approximate surface area is 102 Å². The smallest absolute Gasteiger partial charge is 0.0491 e. The van der Waals surface area contributed by atoms with E-state index in [2.05, 4.69) is 17.4 Å². The predicted octanol–water partition coefficient (Wildman–Crippen LogP) is 3.03. The summed E-state index contributed by atoms with van der Waals surface area (Å²) in [5.41, 5.74) is 1.32. The van der Waals surface area contributed by atoms with Crippen LogP contribution in [0, 0.1) is 5.92 Å². The molecule has 1 aliphatic rings. The minimum Gasteiger partial charge on any atom is -0.384 e. The molecular formula is C13H18ClNO. The number of methoxy groups -OCH3 is 1. The molecule has 1 saturated heterocycles. The molecule has 1 aromatic rings. The van der Waals surface area contributed by atoms with Crippen LogP contribution in [0.3, 0.4) is 0 Å². The van der Waals surface area contributed by atoms with Crippen LogP contribution in [0.5, 0.6) is 0 Å². The van der Waals surface area contributed by atoms with Crippen molar-refractivity contribution >= 4 is 11.6 Å². The Morgan fingerprint density at radius 3 is 2.81 bits per heavy atom. The van der Waals surface area contributed by atoms with Gasteiger partial charge in [-0.25, -0.2) is 0 Å². The predicted molar refractivity (Wildman–Crippen MR) is 66.8 cm³/mol. The van der Waals surface area contributed by atoms with E-state index >= 15 is 0 Å². The van der Waals surface area contributed by atoms with Crippen molar-refractivity contribution in [2.75, 3.05) is 20.3 Å². The first-order valence-corrected chi connectivity index (χ1v) is 6.15. The molecular weight excluding hydrogens is 222 g/mol. The van der Waals surface area contributed by atoms with Gasteiger partial charge in [0.2, 0.25) is 0 Å². The Bertz CT molecular complexity index is 323. The summed E-state index contributed by atoms with van der Waals surface area (Å²) in [6, 6.07) is 8.58. The number of rotatable bonds is 3. The van der Waals surface area contributed by atoms with Gasteiger partial charge in [0.1, 0.15) is 0 Å². The summed E-state index contributed by atoms with van der Waals surface area (Å²) in [6.45, 7) is 1.94. The number of hydrogen-bond acceptors (Lipinski definition) is 2. The third kappa shape index (κ3) is 2.97. The summed E-state index contributed by atoms with van der Waals surface area (Å²) in [4.78, 5) is 0. The van der Waals surface area contributed by atoms with E-state index in [1.165, 1.54) is 12.0 Å². The maximum Gasteiger partial charge on any atom is 0.0491 e. The number of ether oxygens (including phenoxy) is 1. The van der Waals surface area contributed by atoms with Crippen LogP contribution < -0.4 is 5.32 Å². The molecule has 1 aromatic carbocycles. The van der Waals surface area contributed by atoms with Crippen molar-refractivity contribution in [1.82, 2.24) is 5.32 Å². The average Bonchev–Trinajstić information content (AvgIpc) is 2.31. The molecule has 2 rings (SSSR count). The largest absolute Gasteiger partial charge is 0.384 e.